The summed E-state index contributed by atoms with van der Waals surface area (Å²) in [6.07, 6.45) is 2.50. The van der Waals surface area contributed by atoms with Crippen LogP contribution in [0.5, 0.6) is 0 Å². The van der Waals surface area contributed by atoms with Crippen molar-refractivity contribution in [3.05, 3.63) is 28.6 Å². The molecule has 0 saturated carbocycles. The maximum atomic E-state index is 4.70. The van der Waals surface area contributed by atoms with E-state index < -0.39 is 0 Å². The fraction of sp³-hybridized carbons (Fsp3) is 0.364. The Labute approximate surface area is 97.0 Å². The van der Waals surface area contributed by atoms with Crippen LogP contribution in [-0.4, -0.2) is 11.5 Å². The van der Waals surface area contributed by atoms with Crippen molar-refractivity contribution in [3.63, 3.8) is 0 Å². The minimum absolute atomic E-state index is 0.495. The maximum Gasteiger partial charge on any atom is 0.133 e. The largest absolute Gasteiger partial charge is 0.309 e. The molecule has 3 heterocycles. The zero-order valence-electron chi connectivity index (χ0n) is 8.27. The summed E-state index contributed by atoms with van der Waals surface area (Å²) >= 11 is 3.51. The molecular weight excluding hydrogens is 224 g/mol. The molecule has 1 atom stereocenters. The molecule has 0 radical (unpaired) electrons. The van der Waals surface area contributed by atoms with Gasteiger partial charge < -0.3 is 5.32 Å². The monoisotopic (exact) mass is 236 g/mol. The Morgan fingerprint density at radius 1 is 1.40 bits per heavy atom. The van der Waals surface area contributed by atoms with Crippen molar-refractivity contribution in [2.75, 3.05) is 6.54 Å². The van der Waals surface area contributed by atoms with E-state index in [2.05, 4.69) is 28.2 Å². The molecule has 0 aliphatic carbocycles. The molecule has 1 aliphatic heterocycles. The van der Waals surface area contributed by atoms with E-state index >= 15 is 0 Å². The fourth-order valence-corrected chi connectivity index (χ4v) is 3.58. The SMILES string of the molecule is c1csc(-c2nc([C@H]3CCCN3)cs2)c1. The summed E-state index contributed by atoms with van der Waals surface area (Å²) in [5, 5.41) is 8.93. The number of thiophene rings is 1. The smallest absolute Gasteiger partial charge is 0.133 e. The van der Waals surface area contributed by atoms with E-state index in [1.807, 2.05) is 0 Å². The number of hydrogen-bond acceptors (Lipinski definition) is 4. The lowest BCUT2D eigenvalue weighted by Crippen LogP contribution is -2.12. The van der Waals surface area contributed by atoms with Gasteiger partial charge in [-0.05, 0) is 30.8 Å². The van der Waals surface area contributed by atoms with Gasteiger partial charge in [0, 0.05) is 5.38 Å². The lowest BCUT2D eigenvalue weighted by Gasteiger charge is -2.04. The molecule has 0 unspecified atom stereocenters. The van der Waals surface area contributed by atoms with E-state index in [9.17, 15) is 0 Å². The van der Waals surface area contributed by atoms with Crippen LogP contribution in [-0.2, 0) is 0 Å². The van der Waals surface area contributed by atoms with Gasteiger partial charge in [-0.2, -0.15) is 0 Å². The highest BCUT2D eigenvalue weighted by molar-refractivity contribution is 7.20. The Bertz CT molecular complexity index is 427. The summed E-state index contributed by atoms with van der Waals surface area (Å²) in [5.41, 5.74) is 1.22. The van der Waals surface area contributed by atoms with Crippen molar-refractivity contribution >= 4 is 22.7 Å². The van der Waals surface area contributed by atoms with Gasteiger partial charge in [0.2, 0.25) is 0 Å². The van der Waals surface area contributed by atoms with Crippen molar-refractivity contribution < 1.29 is 0 Å². The molecule has 1 saturated heterocycles. The third-order valence-electron chi connectivity index (χ3n) is 2.67. The van der Waals surface area contributed by atoms with Crippen LogP contribution in [0.2, 0.25) is 0 Å². The average molecular weight is 236 g/mol. The number of hydrogen-bond donors (Lipinski definition) is 1. The predicted molar refractivity (Wildman–Crippen MR) is 65.4 cm³/mol. The van der Waals surface area contributed by atoms with E-state index in [1.165, 1.54) is 23.4 Å². The molecule has 1 N–H and O–H groups in total. The quantitative estimate of drug-likeness (QED) is 0.865. The number of nitrogens with zero attached hydrogens (tertiary/aromatic N) is 1. The zero-order valence-corrected chi connectivity index (χ0v) is 9.90. The zero-order chi connectivity index (χ0) is 10.1. The van der Waals surface area contributed by atoms with Gasteiger partial charge in [0.15, 0.2) is 0 Å². The second kappa shape index (κ2) is 4.04. The molecular formula is C11H12N2S2. The first kappa shape index (κ1) is 9.51. The molecule has 0 spiro atoms. The van der Waals surface area contributed by atoms with Gasteiger partial charge in [-0.3, -0.25) is 0 Å². The third-order valence-corrected chi connectivity index (χ3v) is 4.57. The number of rotatable bonds is 2. The molecule has 3 rings (SSSR count). The van der Waals surface area contributed by atoms with Crippen molar-refractivity contribution in [1.82, 2.24) is 10.3 Å². The van der Waals surface area contributed by atoms with E-state index in [4.69, 9.17) is 4.98 Å². The van der Waals surface area contributed by atoms with Gasteiger partial charge in [-0.1, -0.05) is 6.07 Å². The molecule has 2 aromatic rings. The summed E-state index contributed by atoms with van der Waals surface area (Å²) in [6.45, 7) is 1.14. The molecule has 0 bridgehead atoms. The minimum Gasteiger partial charge on any atom is -0.309 e. The van der Waals surface area contributed by atoms with E-state index in [0.717, 1.165) is 11.6 Å². The van der Waals surface area contributed by atoms with Crippen LogP contribution in [0.15, 0.2) is 22.9 Å². The van der Waals surface area contributed by atoms with E-state index in [0.29, 0.717) is 6.04 Å². The van der Waals surface area contributed by atoms with Gasteiger partial charge in [0.1, 0.15) is 5.01 Å². The second-order valence-corrected chi connectivity index (χ2v) is 5.51. The van der Waals surface area contributed by atoms with Gasteiger partial charge >= 0.3 is 0 Å². The Morgan fingerprint density at radius 3 is 3.13 bits per heavy atom. The molecule has 15 heavy (non-hydrogen) atoms. The second-order valence-electron chi connectivity index (χ2n) is 3.70. The highest BCUT2D eigenvalue weighted by Gasteiger charge is 2.19. The Kier molecular flexibility index (Phi) is 2.56. The van der Waals surface area contributed by atoms with Crippen LogP contribution < -0.4 is 5.32 Å². The van der Waals surface area contributed by atoms with Gasteiger partial charge in [0.25, 0.3) is 0 Å². The molecule has 0 aromatic carbocycles. The topological polar surface area (TPSA) is 24.9 Å². The maximum absolute atomic E-state index is 4.70. The molecule has 2 aromatic heterocycles. The summed E-state index contributed by atoms with van der Waals surface area (Å²) in [7, 11) is 0. The van der Waals surface area contributed by atoms with Crippen LogP contribution >= 0.6 is 22.7 Å². The normalized spacial score (nSPS) is 20.9. The summed E-state index contributed by atoms with van der Waals surface area (Å²) in [6, 6.07) is 4.71. The third kappa shape index (κ3) is 1.85. The lowest BCUT2D eigenvalue weighted by atomic mass is 10.2. The number of aromatic nitrogens is 1. The number of nitrogens with one attached hydrogen (secondary N) is 1. The standard InChI is InChI=1S/C11H12N2S2/c1-3-8(12-5-1)9-7-15-11(13-9)10-4-2-6-14-10/h2,4,6-8,12H,1,3,5H2/t8-/m1/s1. The molecule has 4 heteroatoms. The van der Waals surface area contributed by atoms with Crippen molar-refractivity contribution in [2.24, 2.45) is 0 Å². The first-order valence-corrected chi connectivity index (χ1v) is 6.92. The average Bonchev–Trinajstić information content (AvgIpc) is 3.02. The first-order chi connectivity index (χ1) is 7.43. The van der Waals surface area contributed by atoms with Crippen LogP contribution in [0.1, 0.15) is 24.6 Å². The summed E-state index contributed by atoms with van der Waals surface area (Å²) in [5.74, 6) is 0. The van der Waals surface area contributed by atoms with Crippen molar-refractivity contribution in [1.29, 1.82) is 0 Å². The fourth-order valence-electron chi connectivity index (χ4n) is 1.90. The lowest BCUT2D eigenvalue weighted by molar-refractivity contribution is 0.632. The van der Waals surface area contributed by atoms with Crippen LogP contribution in [0.25, 0.3) is 9.88 Å². The highest BCUT2D eigenvalue weighted by Crippen LogP contribution is 2.31. The minimum atomic E-state index is 0.495. The van der Waals surface area contributed by atoms with Gasteiger partial charge in [-0.25, -0.2) is 4.98 Å². The van der Waals surface area contributed by atoms with Crippen LogP contribution in [0, 0.1) is 0 Å². The Hall–Kier alpha value is -0.710. The van der Waals surface area contributed by atoms with Crippen LogP contribution in [0.4, 0.5) is 0 Å². The van der Waals surface area contributed by atoms with E-state index in [-0.39, 0.29) is 0 Å². The summed E-state index contributed by atoms with van der Waals surface area (Å²) < 4.78 is 0. The van der Waals surface area contributed by atoms with Gasteiger partial charge in [0.05, 0.1) is 16.6 Å². The first-order valence-electron chi connectivity index (χ1n) is 5.16. The number of thiazole rings is 1. The van der Waals surface area contributed by atoms with Crippen molar-refractivity contribution in [3.8, 4) is 9.88 Å². The van der Waals surface area contributed by atoms with Crippen molar-refractivity contribution in [2.45, 2.75) is 18.9 Å². The molecule has 1 fully saturated rings. The Balaban J connectivity index is 1.87. The molecule has 0 amide bonds. The Morgan fingerprint density at radius 2 is 2.40 bits per heavy atom. The molecule has 1 aliphatic rings. The van der Waals surface area contributed by atoms with Crippen LogP contribution in [0.3, 0.4) is 0 Å². The highest BCUT2D eigenvalue weighted by atomic mass is 32.1. The van der Waals surface area contributed by atoms with E-state index in [1.54, 1.807) is 22.7 Å². The van der Waals surface area contributed by atoms with Gasteiger partial charge in [-0.15, -0.1) is 22.7 Å². The molecule has 78 valence electrons. The summed E-state index contributed by atoms with van der Waals surface area (Å²) in [4.78, 5) is 5.98. The predicted octanol–water partition coefficient (Wildman–Crippen LogP) is 3.30. The molecule has 2 nitrogen and oxygen atoms in total.